The van der Waals surface area contributed by atoms with E-state index < -0.39 is 0 Å². The number of imidazole rings is 1. The summed E-state index contributed by atoms with van der Waals surface area (Å²) in [4.78, 5) is 12.3. The Morgan fingerprint density at radius 1 is 1.22 bits per heavy atom. The SMILES string of the molecule is COc1ccc(O)c(C=Nc2ccc3nc(C(C)C)[nH]c3c2)c1. The molecule has 0 unspecified atom stereocenters. The quantitative estimate of drug-likeness (QED) is 0.711. The molecule has 3 rings (SSSR count). The summed E-state index contributed by atoms with van der Waals surface area (Å²) in [6.45, 7) is 4.20. The second kappa shape index (κ2) is 6.12. The summed E-state index contributed by atoms with van der Waals surface area (Å²) in [5.41, 5.74) is 3.28. The topological polar surface area (TPSA) is 70.5 Å². The number of nitrogens with one attached hydrogen (secondary N) is 1. The number of fused-ring (bicyclic) bond motifs is 1. The van der Waals surface area contributed by atoms with Gasteiger partial charge in [0.25, 0.3) is 0 Å². The number of nitrogens with zero attached hydrogens (tertiary/aromatic N) is 2. The molecule has 0 bridgehead atoms. The molecular weight excluding hydrogens is 290 g/mol. The molecule has 0 aliphatic carbocycles. The number of aromatic hydroxyl groups is 1. The van der Waals surface area contributed by atoms with E-state index in [1.807, 2.05) is 18.2 Å². The highest BCUT2D eigenvalue weighted by molar-refractivity contribution is 5.87. The molecule has 0 atom stereocenters. The summed E-state index contributed by atoms with van der Waals surface area (Å²) in [7, 11) is 1.59. The molecule has 5 heteroatoms. The van der Waals surface area contributed by atoms with Crippen LogP contribution in [0.4, 0.5) is 5.69 Å². The molecule has 0 aliphatic rings. The number of phenolic OH excluding ortho intramolecular Hbond substituents is 1. The van der Waals surface area contributed by atoms with Gasteiger partial charge in [0.2, 0.25) is 0 Å². The highest BCUT2D eigenvalue weighted by atomic mass is 16.5. The van der Waals surface area contributed by atoms with Crippen LogP contribution in [-0.2, 0) is 0 Å². The highest BCUT2D eigenvalue weighted by Crippen LogP contribution is 2.24. The van der Waals surface area contributed by atoms with Crippen molar-refractivity contribution in [3.8, 4) is 11.5 Å². The molecule has 0 amide bonds. The summed E-state index contributed by atoms with van der Waals surface area (Å²) in [5.74, 6) is 2.16. The summed E-state index contributed by atoms with van der Waals surface area (Å²) in [5, 5.41) is 9.88. The van der Waals surface area contributed by atoms with Gasteiger partial charge in [-0.05, 0) is 36.4 Å². The molecule has 0 fully saturated rings. The minimum atomic E-state index is 0.166. The Morgan fingerprint density at radius 2 is 2.04 bits per heavy atom. The van der Waals surface area contributed by atoms with Crippen molar-refractivity contribution in [1.82, 2.24) is 9.97 Å². The fourth-order valence-corrected chi connectivity index (χ4v) is 2.28. The molecule has 2 N–H and O–H groups in total. The van der Waals surface area contributed by atoms with Crippen LogP contribution in [0.3, 0.4) is 0 Å². The van der Waals surface area contributed by atoms with E-state index in [0.29, 0.717) is 17.2 Å². The second-order valence-electron chi connectivity index (χ2n) is 5.66. The molecule has 0 aliphatic heterocycles. The number of phenols is 1. The molecule has 1 aromatic heterocycles. The lowest BCUT2D eigenvalue weighted by Gasteiger charge is -2.02. The van der Waals surface area contributed by atoms with E-state index in [4.69, 9.17) is 4.74 Å². The number of benzene rings is 2. The van der Waals surface area contributed by atoms with Gasteiger partial charge in [0.15, 0.2) is 0 Å². The van der Waals surface area contributed by atoms with E-state index in [2.05, 4.69) is 28.8 Å². The van der Waals surface area contributed by atoms with E-state index in [9.17, 15) is 5.11 Å². The fraction of sp³-hybridized carbons (Fsp3) is 0.222. The molecule has 0 radical (unpaired) electrons. The van der Waals surface area contributed by atoms with Crippen LogP contribution in [0.1, 0.15) is 31.2 Å². The Morgan fingerprint density at radius 3 is 2.78 bits per heavy atom. The van der Waals surface area contributed by atoms with E-state index in [1.165, 1.54) is 0 Å². The van der Waals surface area contributed by atoms with E-state index in [1.54, 1.807) is 31.5 Å². The number of aromatic nitrogens is 2. The Balaban J connectivity index is 1.91. The number of aliphatic imine (C=N–C) groups is 1. The van der Waals surface area contributed by atoms with Crippen LogP contribution >= 0.6 is 0 Å². The number of methoxy groups -OCH3 is 1. The maximum atomic E-state index is 9.88. The first-order chi connectivity index (χ1) is 11.1. The summed E-state index contributed by atoms with van der Waals surface area (Å²) < 4.78 is 5.16. The molecule has 2 aromatic carbocycles. The highest BCUT2D eigenvalue weighted by Gasteiger charge is 2.06. The molecule has 118 valence electrons. The van der Waals surface area contributed by atoms with E-state index >= 15 is 0 Å². The van der Waals surface area contributed by atoms with Crippen LogP contribution in [0.5, 0.6) is 11.5 Å². The minimum absolute atomic E-state index is 0.166. The van der Waals surface area contributed by atoms with Gasteiger partial charge in [-0.15, -0.1) is 0 Å². The van der Waals surface area contributed by atoms with Crippen molar-refractivity contribution in [2.24, 2.45) is 4.99 Å². The second-order valence-corrected chi connectivity index (χ2v) is 5.66. The van der Waals surface area contributed by atoms with Gasteiger partial charge in [-0.3, -0.25) is 4.99 Å². The number of aromatic amines is 1. The molecule has 0 saturated heterocycles. The van der Waals surface area contributed by atoms with E-state index in [-0.39, 0.29) is 5.75 Å². The largest absolute Gasteiger partial charge is 0.507 e. The smallest absolute Gasteiger partial charge is 0.124 e. The van der Waals surface area contributed by atoms with Crippen molar-refractivity contribution >= 4 is 22.9 Å². The number of rotatable bonds is 4. The van der Waals surface area contributed by atoms with Crippen molar-refractivity contribution in [3.63, 3.8) is 0 Å². The van der Waals surface area contributed by atoms with Crippen molar-refractivity contribution in [3.05, 3.63) is 47.8 Å². The minimum Gasteiger partial charge on any atom is -0.507 e. The number of hydrogen-bond acceptors (Lipinski definition) is 4. The third-order valence-electron chi connectivity index (χ3n) is 3.62. The predicted molar refractivity (Wildman–Crippen MR) is 92.1 cm³/mol. The molecule has 0 saturated carbocycles. The Hall–Kier alpha value is -2.82. The van der Waals surface area contributed by atoms with Gasteiger partial charge >= 0.3 is 0 Å². The Kier molecular flexibility index (Phi) is 4.02. The zero-order valence-electron chi connectivity index (χ0n) is 13.4. The lowest BCUT2D eigenvalue weighted by molar-refractivity contribution is 0.412. The van der Waals surface area contributed by atoms with Gasteiger partial charge in [-0.2, -0.15) is 0 Å². The van der Waals surface area contributed by atoms with E-state index in [0.717, 1.165) is 22.5 Å². The molecule has 0 spiro atoms. The third kappa shape index (κ3) is 3.18. The Bertz CT molecular complexity index is 866. The van der Waals surface area contributed by atoms with Crippen LogP contribution in [-0.4, -0.2) is 28.4 Å². The molecule has 3 aromatic rings. The van der Waals surface area contributed by atoms with Crippen molar-refractivity contribution in [1.29, 1.82) is 0 Å². The monoisotopic (exact) mass is 309 g/mol. The van der Waals surface area contributed by atoms with Gasteiger partial charge < -0.3 is 14.8 Å². The third-order valence-corrected chi connectivity index (χ3v) is 3.62. The van der Waals surface area contributed by atoms with Crippen LogP contribution in [0, 0.1) is 0 Å². The zero-order valence-corrected chi connectivity index (χ0v) is 13.4. The zero-order chi connectivity index (χ0) is 16.4. The number of hydrogen-bond donors (Lipinski definition) is 2. The normalized spacial score (nSPS) is 11.7. The fourth-order valence-electron chi connectivity index (χ4n) is 2.28. The van der Waals surface area contributed by atoms with Crippen molar-refractivity contribution in [2.45, 2.75) is 19.8 Å². The van der Waals surface area contributed by atoms with Gasteiger partial charge in [-0.1, -0.05) is 13.8 Å². The van der Waals surface area contributed by atoms with Crippen molar-refractivity contribution in [2.75, 3.05) is 7.11 Å². The summed E-state index contributed by atoms with van der Waals surface area (Å²) in [6.07, 6.45) is 1.62. The molecule has 1 heterocycles. The lowest BCUT2D eigenvalue weighted by Crippen LogP contribution is -1.88. The van der Waals surface area contributed by atoms with Crippen LogP contribution in [0.15, 0.2) is 41.4 Å². The Labute approximate surface area is 134 Å². The van der Waals surface area contributed by atoms with Crippen LogP contribution in [0.2, 0.25) is 0 Å². The maximum Gasteiger partial charge on any atom is 0.124 e. The summed E-state index contributed by atoms with van der Waals surface area (Å²) in [6, 6.07) is 10.8. The lowest BCUT2D eigenvalue weighted by atomic mass is 10.2. The average Bonchev–Trinajstić information content (AvgIpc) is 2.97. The average molecular weight is 309 g/mol. The first-order valence-electron chi connectivity index (χ1n) is 7.47. The molecule has 23 heavy (non-hydrogen) atoms. The summed E-state index contributed by atoms with van der Waals surface area (Å²) >= 11 is 0. The van der Waals surface area contributed by atoms with Gasteiger partial charge in [0, 0.05) is 17.7 Å². The van der Waals surface area contributed by atoms with Crippen molar-refractivity contribution < 1.29 is 9.84 Å². The van der Waals surface area contributed by atoms with Gasteiger partial charge in [-0.25, -0.2) is 4.98 Å². The first kappa shape index (κ1) is 15.1. The predicted octanol–water partition coefficient (Wildman–Crippen LogP) is 4.15. The standard InChI is InChI=1S/C18H19N3O2/c1-11(2)18-20-15-6-4-13(9-16(15)21-18)19-10-12-8-14(23-3)5-7-17(12)22/h4-11,22H,1-3H3,(H,20,21). The first-order valence-corrected chi connectivity index (χ1v) is 7.47. The van der Waals surface area contributed by atoms with Gasteiger partial charge in [0.1, 0.15) is 17.3 Å². The van der Waals surface area contributed by atoms with Crippen LogP contribution in [0.25, 0.3) is 11.0 Å². The molecule has 5 nitrogen and oxygen atoms in total. The number of ether oxygens (including phenoxy) is 1. The molecular formula is C18H19N3O2. The van der Waals surface area contributed by atoms with Gasteiger partial charge in [0.05, 0.1) is 23.8 Å². The van der Waals surface area contributed by atoms with Crippen LogP contribution < -0.4 is 4.74 Å². The maximum absolute atomic E-state index is 9.88. The number of H-pyrrole nitrogens is 1.